The minimum atomic E-state index is 0.503. The Kier molecular flexibility index (Phi) is 4.01. The van der Waals surface area contributed by atoms with E-state index in [1.54, 1.807) is 0 Å². The zero-order valence-corrected chi connectivity index (χ0v) is 12.2. The number of rotatable bonds is 4. The number of nitrogens with one attached hydrogen (secondary N) is 1. The lowest BCUT2D eigenvalue weighted by Gasteiger charge is -2.25. The molecule has 0 atom stereocenters. The Labute approximate surface area is 124 Å². The third-order valence-electron chi connectivity index (χ3n) is 4.04. The number of aliphatic imine (C=N–C) groups is 1. The van der Waals surface area contributed by atoms with Gasteiger partial charge in [-0.25, -0.2) is 4.99 Å². The largest absolute Gasteiger partial charge is 0.493 e. The van der Waals surface area contributed by atoms with Gasteiger partial charge < -0.3 is 15.8 Å². The van der Waals surface area contributed by atoms with Gasteiger partial charge in [-0.2, -0.15) is 0 Å². The maximum absolute atomic E-state index is 6.12. The van der Waals surface area contributed by atoms with Crippen LogP contribution < -0.4 is 15.8 Å². The van der Waals surface area contributed by atoms with Crippen LogP contribution in [0.4, 0.5) is 0 Å². The summed E-state index contributed by atoms with van der Waals surface area (Å²) in [5.41, 5.74) is 8.08. The highest BCUT2D eigenvalue weighted by Gasteiger charge is 2.18. The molecular formula is C15H20ClN3O. The molecule has 0 unspecified atom stereocenters. The molecule has 4 nitrogen and oxygen atoms in total. The fourth-order valence-corrected chi connectivity index (χ4v) is 2.90. The fourth-order valence-electron chi connectivity index (χ4n) is 2.64. The van der Waals surface area contributed by atoms with Crippen molar-refractivity contribution in [1.29, 1.82) is 0 Å². The van der Waals surface area contributed by atoms with Crippen LogP contribution in [-0.4, -0.2) is 19.1 Å². The molecule has 20 heavy (non-hydrogen) atoms. The molecule has 1 saturated carbocycles. The number of guanidine groups is 1. The van der Waals surface area contributed by atoms with Gasteiger partial charge in [-0.3, -0.25) is 0 Å². The first kappa shape index (κ1) is 13.6. The quantitative estimate of drug-likeness (QED) is 0.662. The van der Waals surface area contributed by atoms with Gasteiger partial charge in [0.25, 0.3) is 0 Å². The Morgan fingerprint density at radius 2 is 2.30 bits per heavy atom. The van der Waals surface area contributed by atoms with Crippen molar-refractivity contribution in [2.75, 3.05) is 13.2 Å². The summed E-state index contributed by atoms with van der Waals surface area (Å²) in [6.45, 7) is 2.16. The molecule has 0 spiro atoms. The molecule has 0 saturated heterocycles. The van der Waals surface area contributed by atoms with E-state index in [2.05, 4.69) is 10.3 Å². The van der Waals surface area contributed by atoms with E-state index in [0.717, 1.165) is 41.8 Å². The summed E-state index contributed by atoms with van der Waals surface area (Å²) in [4.78, 5) is 4.39. The van der Waals surface area contributed by atoms with Crippen LogP contribution in [0.5, 0.6) is 5.75 Å². The molecule has 0 bridgehead atoms. The number of fused-ring (bicyclic) bond motifs is 1. The summed E-state index contributed by atoms with van der Waals surface area (Å²) in [6, 6.07) is 3.88. The standard InChI is InChI=1S/C15H20ClN3O/c16-13-6-11-4-5-20-14(11)12(7-13)9-19-15(17)18-8-10-2-1-3-10/h6-7,10H,1-5,8-9H2,(H3,17,18,19). The van der Waals surface area contributed by atoms with Gasteiger partial charge >= 0.3 is 0 Å². The number of ether oxygens (including phenoxy) is 1. The van der Waals surface area contributed by atoms with Gasteiger partial charge in [-0.15, -0.1) is 0 Å². The van der Waals surface area contributed by atoms with Crippen LogP contribution >= 0.6 is 11.6 Å². The van der Waals surface area contributed by atoms with Crippen LogP contribution in [0.3, 0.4) is 0 Å². The second-order valence-electron chi connectivity index (χ2n) is 5.53. The molecule has 1 aromatic carbocycles. The maximum Gasteiger partial charge on any atom is 0.188 e. The first-order valence-corrected chi connectivity index (χ1v) is 7.58. The van der Waals surface area contributed by atoms with Crippen LogP contribution in [0.15, 0.2) is 17.1 Å². The van der Waals surface area contributed by atoms with E-state index in [-0.39, 0.29) is 0 Å². The van der Waals surface area contributed by atoms with Crippen LogP contribution in [0.2, 0.25) is 5.02 Å². The molecule has 3 rings (SSSR count). The molecule has 108 valence electrons. The van der Waals surface area contributed by atoms with E-state index in [0.29, 0.717) is 12.5 Å². The zero-order valence-electron chi connectivity index (χ0n) is 11.5. The lowest BCUT2D eigenvalue weighted by molar-refractivity contribution is 0.315. The predicted molar refractivity (Wildman–Crippen MR) is 81.3 cm³/mol. The molecule has 5 heteroatoms. The molecule has 1 heterocycles. The number of halogens is 1. The van der Waals surface area contributed by atoms with Crippen LogP contribution in [-0.2, 0) is 13.0 Å². The normalized spacial score (nSPS) is 18.4. The highest BCUT2D eigenvalue weighted by atomic mass is 35.5. The van der Waals surface area contributed by atoms with Crippen molar-refractivity contribution in [2.24, 2.45) is 16.6 Å². The van der Waals surface area contributed by atoms with Crippen LogP contribution in [0.25, 0.3) is 0 Å². The van der Waals surface area contributed by atoms with Gasteiger partial charge in [0, 0.05) is 23.6 Å². The molecule has 0 radical (unpaired) electrons. The summed E-state index contributed by atoms with van der Waals surface area (Å²) in [6.07, 6.45) is 4.86. The number of hydrogen-bond acceptors (Lipinski definition) is 2. The lowest BCUT2D eigenvalue weighted by atomic mass is 9.85. The molecule has 3 N–H and O–H groups in total. The first-order valence-electron chi connectivity index (χ1n) is 7.20. The van der Waals surface area contributed by atoms with Gasteiger partial charge in [0.1, 0.15) is 5.75 Å². The number of nitrogens with zero attached hydrogens (tertiary/aromatic N) is 1. The summed E-state index contributed by atoms with van der Waals surface area (Å²) < 4.78 is 5.65. The summed E-state index contributed by atoms with van der Waals surface area (Å²) in [5, 5.41) is 3.93. The maximum atomic E-state index is 6.12. The first-order chi connectivity index (χ1) is 9.72. The van der Waals surface area contributed by atoms with Crippen molar-refractivity contribution in [3.63, 3.8) is 0 Å². The molecule has 1 fully saturated rings. The molecular weight excluding hydrogens is 274 g/mol. The fraction of sp³-hybridized carbons (Fsp3) is 0.533. The number of nitrogens with two attached hydrogens (primary N) is 1. The van der Waals surface area contributed by atoms with Crippen molar-refractivity contribution in [2.45, 2.75) is 32.2 Å². The molecule has 2 aliphatic rings. The predicted octanol–water partition coefficient (Wildman–Crippen LogP) is 2.48. The van der Waals surface area contributed by atoms with E-state index in [1.165, 1.54) is 24.8 Å². The summed E-state index contributed by atoms with van der Waals surface area (Å²) in [7, 11) is 0. The summed E-state index contributed by atoms with van der Waals surface area (Å²) in [5.74, 6) is 2.20. The average molecular weight is 294 g/mol. The third kappa shape index (κ3) is 3.01. The molecule has 0 aromatic heterocycles. The van der Waals surface area contributed by atoms with Crippen molar-refractivity contribution >= 4 is 17.6 Å². The van der Waals surface area contributed by atoms with Gasteiger partial charge in [0.2, 0.25) is 0 Å². The van der Waals surface area contributed by atoms with Crippen molar-refractivity contribution in [3.05, 3.63) is 28.3 Å². The second kappa shape index (κ2) is 5.92. The van der Waals surface area contributed by atoms with Crippen molar-refractivity contribution in [3.8, 4) is 5.75 Å². The van der Waals surface area contributed by atoms with E-state index in [9.17, 15) is 0 Å². The Bertz CT molecular complexity index is 526. The van der Waals surface area contributed by atoms with Crippen LogP contribution in [0.1, 0.15) is 30.4 Å². The smallest absolute Gasteiger partial charge is 0.188 e. The topological polar surface area (TPSA) is 59.6 Å². The van der Waals surface area contributed by atoms with Gasteiger partial charge in [-0.05, 0) is 36.5 Å². The Morgan fingerprint density at radius 3 is 3.05 bits per heavy atom. The summed E-state index contributed by atoms with van der Waals surface area (Å²) >= 11 is 6.12. The van der Waals surface area contributed by atoms with E-state index < -0.39 is 0 Å². The lowest BCUT2D eigenvalue weighted by Crippen LogP contribution is -2.37. The van der Waals surface area contributed by atoms with Gasteiger partial charge in [0.15, 0.2) is 5.96 Å². The Morgan fingerprint density at radius 1 is 1.45 bits per heavy atom. The minimum Gasteiger partial charge on any atom is -0.493 e. The van der Waals surface area contributed by atoms with E-state index in [4.69, 9.17) is 22.1 Å². The monoisotopic (exact) mass is 293 g/mol. The Hall–Kier alpha value is -1.42. The highest BCUT2D eigenvalue weighted by Crippen LogP contribution is 2.33. The molecule has 1 aliphatic heterocycles. The second-order valence-corrected chi connectivity index (χ2v) is 5.97. The van der Waals surface area contributed by atoms with Gasteiger partial charge in [-0.1, -0.05) is 18.0 Å². The minimum absolute atomic E-state index is 0.503. The van der Waals surface area contributed by atoms with Crippen LogP contribution in [0, 0.1) is 5.92 Å². The average Bonchev–Trinajstić information content (AvgIpc) is 2.82. The molecule has 1 aromatic rings. The number of hydrogen-bond donors (Lipinski definition) is 2. The third-order valence-corrected chi connectivity index (χ3v) is 4.26. The molecule has 0 amide bonds. The Balaban J connectivity index is 1.62. The molecule has 1 aliphatic carbocycles. The SMILES string of the molecule is NC(=NCc1cc(Cl)cc2c1OCC2)NCC1CCC1. The van der Waals surface area contributed by atoms with E-state index >= 15 is 0 Å². The van der Waals surface area contributed by atoms with Crippen molar-refractivity contribution < 1.29 is 4.74 Å². The van der Waals surface area contributed by atoms with Gasteiger partial charge in [0.05, 0.1) is 13.2 Å². The zero-order chi connectivity index (χ0) is 13.9. The number of benzene rings is 1. The van der Waals surface area contributed by atoms with Crippen molar-refractivity contribution in [1.82, 2.24) is 5.32 Å². The van der Waals surface area contributed by atoms with E-state index in [1.807, 2.05) is 12.1 Å². The highest BCUT2D eigenvalue weighted by molar-refractivity contribution is 6.30.